The van der Waals surface area contributed by atoms with Gasteiger partial charge in [0.1, 0.15) is 17.1 Å². The van der Waals surface area contributed by atoms with Gasteiger partial charge in [-0.25, -0.2) is 9.97 Å². The summed E-state index contributed by atoms with van der Waals surface area (Å²) >= 11 is 9.45. The predicted octanol–water partition coefficient (Wildman–Crippen LogP) is 3.90. The van der Waals surface area contributed by atoms with Crippen LogP contribution in [-0.4, -0.2) is 14.5 Å². The highest BCUT2D eigenvalue weighted by Gasteiger charge is 2.06. The van der Waals surface area contributed by atoms with Gasteiger partial charge >= 0.3 is 0 Å². The topological polar surface area (TPSA) is 30.7 Å². The molecule has 0 unspecified atom stereocenters. The van der Waals surface area contributed by atoms with E-state index in [-0.39, 0.29) is 0 Å². The summed E-state index contributed by atoms with van der Waals surface area (Å²) in [6.45, 7) is 0.768. The average Bonchev–Trinajstić information content (AvgIpc) is 2.77. The van der Waals surface area contributed by atoms with Crippen molar-refractivity contribution in [2.24, 2.45) is 0 Å². The quantitative estimate of drug-likeness (QED) is 0.670. The van der Waals surface area contributed by atoms with Crippen molar-refractivity contribution in [3.8, 4) is 0 Å². The van der Waals surface area contributed by atoms with E-state index in [0.29, 0.717) is 5.15 Å². The van der Waals surface area contributed by atoms with E-state index < -0.39 is 0 Å². The molecule has 1 aromatic carbocycles. The Labute approximate surface area is 118 Å². The normalized spacial score (nSPS) is 11.0. The van der Waals surface area contributed by atoms with E-state index in [1.807, 2.05) is 24.4 Å². The molecule has 0 N–H and O–H groups in total. The fraction of sp³-hybridized carbons (Fsp3) is 0.0769. The molecular weight excluding hydrogens is 314 g/mol. The van der Waals surface area contributed by atoms with Crippen LogP contribution in [0.15, 0.2) is 47.3 Å². The second-order valence-corrected chi connectivity index (χ2v) is 5.25. The Kier molecular flexibility index (Phi) is 3.06. The zero-order chi connectivity index (χ0) is 12.5. The molecule has 18 heavy (non-hydrogen) atoms. The van der Waals surface area contributed by atoms with Gasteiger partial charge in [-0.15, -0.1) is 0 Å². The molecule has 2 heterocycles. The van der Waals surface area contributed by atoms with E-state index in [4.69, 9.17) is 11.6 Å². The number of halogens is 2. The molecule has 0 amide bonds. The van der Waals surface area contributed by atoms with Crippen molar-refractivity contribution < 1.29 is 0 Å². The maximum atomic E-state index is 6.02. The third-order valence-electron chi connectivity index (χ3n) is 2.77. The first-order valence-corrected chi connectivity index (χ1v) is 6.61. The van der Waals surface area contributed by atoms with Crippen LogP contribution >= 0.6 is 27.5 Å². The van der Waals surface area contributed by atoms with Gasteiger partial charge in [0.15, 0.2) is 0 Å². The minimum Gasteiger partial charge on any atom is -0.328 e. The van der Waals surface area contributed by atoms with Crippen LogP contribution in [0.25, 0.3) is 11.0 Å². The van der Waals surface area contributed by atoms with Crippen LogP contribution in [0.1, 0.15) is 5.56 Å². The number of fused-ring (bicyclic) bond motifs is 1. The minimum atomic E-state index is 0.495. The fourth-order valence-corrected chi connectivity index (χ4v) is 2.34. The smallest absolute Gasteiger partial charge is 0.145 e. The van der Waals surface area contributed by atoms with Gasteiger partial charge < -0.3 is 4.57 Å². The number of hydrogen-bond acceptors (Lipinski definition) is 2. The number of nitrogens with zero attached hydrogens (tertiary/aromatic N) is 3. The van der Waals surface area contributed by atoms with Crippen molar-refractivity contribution in [1.82, 2.24) is 14.5 Å². The van der Waals surface area contributed by atoms with Crippen LogP contribution in [0.4, 0.5) is 0 Å². The molecule has 0 aliphatic carbocycles. The summed E-state index contributed by atoms with van der Waals surface area (Å²) in [6.07, 6.45) is 3.47. The molecule has 0 radical (unpaired) electrons. The van der Waals surface area contributed by atoms with E-state index in [1.54, 1.807) is 0 Å². The summed E-state index contributed by atoms with van der Waals surface area (Å²) in [5.74, 6) is 0. The molecular formula is C13H9BrClN3. The van der Waals surface area contributed by atoms with E-state index in [9.17, 15) is 0 Å². The predicted molar refractivity (Wildman–Crippen MR) is 75.8 cm³/mol. The van der Waals surface area contributed by atoms with Gasteiger partial charge in [0.25, 0.3) is 0 Å². The monoisotopic (exact) mass is 321 g/mol. The molecule has 90 valence electrons. The third kappa shape index (κ3) is 2.13. The molecule has 3 nitrogen and oxygen atoms in total. The van der Waals surface area contributed by atoms with Gasteiger partial charge in [-0.2, -0.15) is 0 Å². The number of hydrogen-bond donors (Lipinski definition) is 0. The van der Waals surface area contributed by atoms with Gasteiger partial charge in [-0.3, -0.25) is 0 Å². The maximum absolute atomic E-state index is 6.02. The Morgan fingerprint density at radius 2 is 1.89 bits per heavy atom. The number of aromatic nitrogens is 3. The van der Waals surface area contributed by atoms with Crippen molar-refractivity contribution in [3.05, 3.63) is 58.0 Å². The lowest BCUT2D eigenvalue weighted by molar-refractivity contribution is 0.823. The Hall–Kier alpha value is -1.39. The fourth-order valence-electron chi connectivity index (χ4n) is 1.89. The Balaban J connectivity index is 2.00. The average molecular weight is 323 g/mol. The standard InChI is InChI=1S/C13H9BrClN3/c14-10-3-1-9(2-4-10)7-18-6-5-11-12(15)16-8-17-13(11)18/h1-6,8H,7H2. The van der Waals surface area contributed by atoms with E-state index in [1.165, 1.54) is 11.9 Å². The molecule has 3 rings (SSSR count). The summed E-state index contributed by atoms with van der Waals surface area (Å²) < 4.78 is 3.14. The Morgan fingerprint density at radius 3 is 2.67 bits per heavy atom. The summed E-state index contributed by atoms with van der Waals surface area (Å²) in [6, 6.07) is 10.2. The first-order valence-electron chi connectivity index (χ1n) is 5.44. The lowest BCUT2D eigenvalue weighted by atomic mass is 10.2. The molecule has 0 saturated carbocycles. The number of rotatable bonds is 2. The largest absolute Gasteiger partial charge is 0.328 e. The molecule has 3 aromatic rings. The highest BCUT2D eigenvalue weighted by Crippen LogP contribution is 2.21. The first kappa shape index (κ1) is 11.7. The molecule has 0 aliphatic rings. The van der Waals surface area contributed by atoms with Crippen molar-refractivity contribution in [2.75, 3.05) is 0 Å². The third-order valence-corrected chi connectivity index (χ3v) is 3.60. The van der Waals surface area contributed by atoms with Crippen LogP contribution < -0.4 is 0 Å². The Morgan fingerprint density at radius 1 is 1.11 bits per heavy atom. The van der Waals surface area contributed by atoms with Crippen LogP contribution in [0.5, 0.6) is 0 Å². The van der Waals surface area contributed by atoms with Crippen LogP contribution in [0.3, 0.4) is 0 Å². The lowest BCUT2D eigenvalue weighted by Crippen LogP contribution is -1.99. The second-order valence-electron chi connectivity index (χ2n) is 3.97. The highest BCUT2D eigenvalue weighted by molar-refractivity contribution is 9.10. The van der Waals surface area contributed by atoms with Crippen molar-refractivity contribution >= 4 is 38.6 Å². The highest BCUT2D eigenvalue weighted by atomic mass is 79.9. The second kappa shape index (κ2) is 4.71. The SMILES string of the molecule is Clc1ncnc2c1ccn2Cc1ccc(Br)cc1. The van der Waals surface area contributed by atoms with Crippen LogP contribution in [-0.2, 0) is 6.54 Å². The molecule has 0 bridgehead atoms. The number of benzene rings is 1. The molecule has 0 saturated heterocycles. The first-order chi connectivity index (χ1) is 8.74. The molecule has 0 aliphatic heterocycles. The van der Waals surface area contributed by atoms with Crippen LogP contribution in [0, 0.1) is 0 Å². The molecule has 0 fully saturated rings. The molecule has 2 aromatic heterocycles. The van der Waals surface area contributed by atoms with Crippen molar-refractivity contribution in [1.29, 1.82) is 0 Å². The minimum absolute atomic E-state index is 0.495. The van der Waals surface area contributed by atoms with Gasteiger partial charge in [-0.1, -0.05) is 39.7 Å². The molecule has 0 spiro atoms. The molecule has 0 atom stereocenters. The zero-order valence-corrected chi connectivity index (χ0v) is 11.7. The maximum Gasteiger partial charge on any atom is 0.145 e. The van der Waals surface area contributed by atoms with Gasteiger partial charge in [0, 0.05) is 17.2 Å². The van der Waals surface area contributed by atoms with E-state index in [2.05, 4.69) is 42.6 Å². The van der Waals surface area contributed by atoms with Crippen molar-refractivity contribution in [2.45, 2.75) is 6.54 Å². The Bertz CT molecular complexity index is 691. The van der Waals surface area contributed by atoms with Gasteiger partial charge in [0.05, 0.1) is 5.39 Å². The summed E-state index contributed by atoms with van der Waals surface area (Å²) in [7, 11) is 0. The van der Waals surface area contributed by atoms with Crippen molar-refractivity contribution in [3.63, 3.8) is 0 Å². The summed E-state index contributed by atoms with van der Waals surface area (Å²) in [5, 5.41) is 1.38. The summed E-state index contributed by atoms with van der Waals surface area (Å²) in [5.41, 5.74) is 2.07. The lowest BCUT2D eigenvalue weighted by Gasteiger charge is -2.05. The van der Waals surface area contributed by atoms with E-state index in [0.717, 1.165) is 22.1 Å². The van der Waals surface area contributed by atoms with Crippen LogP contribution in [0.2, 0.25) is 5.15 Å². The van der Waals surface area contributed by atoms with Gasteiger partial charge in [0.2, 0.25) is 0 Å². The summed E-state index contributed by atoms with van der Waals surface area (Å²) in [4.78, 5) is 8.25. The molecule has 5 heteroatoms. The van der Waals surface area contributed by atoms with E-state index >= 15 is 0 Å². The zero-order valence-electron chi connectivity index (χ0n) is 9.35. The van der Waals surface area contributed by atoms with Gasteiger partial charge in [-0.05, 0) is 23.8 Å².